The van der Waals surface area contributed by atoms with Crippen LogP contribution in [0, 0.1) is 0 Å². The van der Waals surface area contributed by atoms with Gasteiger partial charge in [0.25, 0.3) is 5.91 Å². The van der Waals surface area contributed by atoms with Crippen LogP contribution in [0.25, 0.3) is 0 Å². The summed E-state index contributed by atoms with van der Waals surface area (Å²) < 4.78 is 10.9. The van der Waals surface area contributed by atoms with Crippen molar-refractivity contribution < 1.29 is 14.3 Å². The van der Waals surface area contributed by atoms with E-state index >= 15 is 0 Å². The van der Waals surface area contributed by atoms with Crippen molar-refractivity contribution >= 4 is 34.1 Å². The van der Waals surface area contributed by atoms with E-state index in [1.54, 1.807) is 13.2 Å². The third kappa shape index (κ3) is 3.71. The summed E-state index contributed by atoms with van der Waals surface area (Å²) in [5.41, 5.74) is 1.23. The van der Waals surface area contributed by atoms with Crippen molar-refractivity contribution in [2.24, 2.45) is 0 Å². The first-order valence-electron chi connectivity index (χ1n) is 8.79. The van der Waals surface area contributed by atoms with Crippen LogP contribution in [-0.2, 0) is 0 Å². The van der Waals surface area contributed by atoms with E-state index in [1.807, 2.05) is 17.8 Å². The molecule has 7 nitrogen and oxygen atoms in total. The Kier molecular flexibility index (Phi) is 5.42. The highest BCUT2D eigenvalue weighted by Crippen LogP contribution is 2.39. The molecule has 1 amide bonds. The van der Waals surface area contributed by atoms with Gasteiger partial charge in [0.2, 0.25) is 6.79 Å². The minimum atomic E-state index is -0.0809. The molecule has 1 N–H and O–H groups in total. The molecule has 0 saturated carbocycles. The Morgan fingerprint density at radius 1 is 1.26 bits per heavy atom. The standard InChI is InChI=1S/C18H22N4O3S2/c1-19-16(23)15-10-20-18(27-15)22-7-5-21(6-8-22)17(26-2)12-3-4-13-14(9-12)25-11-24-13/h3-4,9-10,17H,5-8,11H2,1-2H3,(H,19,23). The van der Waals surface area contributed by atoms with E-state index < -0.39 is 0 Å². The molecule has 0 spiro atoms. The molecule has 9 heteroatoms. The van der Waals surface area contributed by atoms with Gasteiger partial charge in [0, 0.05) is 33.2 Å². The van der Waals surface area contributed by atoms with Crippen LogP contribution < -0.4 is 19.7 Å². The van der Waals surface area contributed by atoms with E-state index in [0.717, 1.165) is 42.8 Å². The van der Waals surface area contributed by atoms with E-state index in [4.69, 9.17) is 9.47 Å². The Bertz CT molecular complexity index is 821. The molecule has 1 fully saturated rings. The Morgan fingerprint density at radius 2 is 2.04 bits per heavy atom. The van der Waals surface area contributed by atoms with Crippen LogP contribution in [0.1, 0.15) is 20.6 Å². The van der Waals surface area contributed by atoms with Crippen molar-refractivity contribution in [2.75, 3.05) is 51.2 Å². The number of ether oxygens (including phenoxy) is 2. The predicted octanol–water partition coefficient (Wildman–Crippen LogP) is 2.42. The number of amides is 1. The Labute approximate surface area is 166 Å². The first-order chi connectivity index (χ1) is 13.2. The SMILES string of the molecule is CNC(=O)c1cnc(N2CCN(C(SC)c3ccc4c(c3)OCO4)CC2)s1. The molecule has 4 rings (SSSR count). The number of carbonyl (C=O) groups is 1. The first kappa shape index (κ1) is 18.4. The molecule has 0 radical (unpaired) electrons. The zero-order valence-corrected chi connectivity index (χ0v) is 16.9. The number of hydrogen-bond donors (Lipinski definition) is 1. The van der Waals surface area contributed by atoms with Crippen LogP contribution in [0.5, 0.6) is 11.5 Å². The lowest BCUT2D eigenvalue weighted by Crippen LogP contribution is -2.47. The summed E-state index contributed by atoms with van der Waals surface area (Å²) in [7, 11) is 1.64. The van der Waals surface area contributed by atoms with Crippen LogP contribution in [0.2, 0.25) is 0 Å². The number of thiazole rings is 1. The van der Waals surface area contributed by atoms with Gasteiger partial charge in [-0.1, -0.05) is 17.4 Å². The fourth-order valence-electron chi connectivity index (χ4n) is 3.35. The van der Waals surface area contributed by atoms with Crippen LogP contribution in [0.3, 0.4) is 0 Å². The minimum Gasteiger partial charge on any atom is -0.454 e. The lowest BCUT2D eigenvalue weighted by Gasteiger charge is -2.38. The van der Waals surface area contributed by atoms with Crippen LogP contribution >= 0.6 is 23.1 Å². The fourth-order valence-corrected chi connectivity index (χ4v) is 5.19. The maximum absolute atomic E-state index is 11.7. The third-order valence-corrected chi connectivity index (χ3v) is 6.84. The van der Waals surface area contributed by atoms with Crippen molar-refractivity contribution in [2.45, 2.75) is 5.37 Å². The van der Waals surface area contributed by atoms with Crippen LogP contribution in [0.15, 0.2) is 24.4 Å². The number of fused-ring (bicyclic) bond motifs is 1. The number of aromatic nitrogens is 1. The number of anilines is 1. The van der Waals surface area contributed by atoms with E-state index in [2.05, 4.69) is 38.5 Å². The van der Waals surface area contributed by atoms with Crippen molar-refractivity contribution in [1.82, 2.24) is 15.2 Å². The molecular weight excluding hydrogens is 384 g/mol. The molecule has 1 unspecified atom stereocenters. The van der Waals surface area contributed by atoms with E-state index in [1.165, 1.54) is 16.9 Å². The monoisotopic (exact) mass is 406 g/mol. The molecule has 1 aromatic carbocycles. The largest absolute Gasteiger partial charge is 0.454 e. The Balaban J connectivity index is 1.41. The summed E-state index contributed by atoms with van der Waals surface area (Å²) in [5.74, 6) is 1.57. The second-order valence-electron chi connectivity index (χ2n) is 6.31. The van der Waals surface area contributed by atoms with Crippen LogP contribution in [0.4, 0.5) is 5.13 Å². The van der Waals surface area contributed by atoms with Gasteiger partial charge < -0.3 is 19.7 Å². The first-order valence-corrected chi connectivity index (χ1v) is 10.9. The molecule has 2 aromatic rings. The molecular formula is C18H22N4O3S2. The van der Waals surface area contributed by atoms with Gasteiger partial charge in [-0.25, -0.2) is 4.98 Å². The quantitative estimate of drug-likeness (QED) is 0.818. The van der Waals surface area contributed by atoms with Gasteiger partial charge in [0.05, 0.1) is 11.6 Å². The van der Waals surface area contributed by atoms with Crippen LogP contribution in [-0.4, -0.2) is 62.1 Å². The molecule has 1 saturated heterocycles. The summed E-state index contributed by atoms with van der Waals surface area (Å²) in [6.07, 6.45) is 3.79. The summed E-state index contributed by atoms with van der Waals surface area (Å²) in [6, 6.07) is 6.21. The highest BCUT2D eigenvalue weighted by molar-refractivity contribution is 7.98. The van der Waals surface area contributed by atoms with Gasteiger partial charge in [-0.2, -0.15) is 0 Å². The summed E-state index contributed by atoms with van der Waals surface area (Å²) in [6.45, 7) is 3.96. The second-order valence-corrected chi connectivity index (χ2v) is 8.24. The summed E-state index contributed by atoms with van der Waals surface area (Å²) in [4.78, 5) is 21.5. The van der Waals surface area contributed by atoms with Crippen molar-refractivity contribution in [3.8, 4) is 11.5 Å². The maximum Gasteiger partial charge on any atom is 0.262 e. The highest BCUT2D eigenvalue weighted by Gasteiger charge is 2.27. The number of hydrogen-bond acceptors (Lipinski definition) is 8. The lowest BCUT2D eigenvalue weighted by atomic mass is 10.1. The van der Waals surface area contributed by atoms with Gasteiger partial charge in [0.15, 0.2) is 16.6 Å². The summed E-state index contributed by atoms with van der Waals surface area (Å²) >= 11 is 3.27. The van der Waals surface area contributed by atoms with Gasteiger partial charge in [0.1, 0.15) is 4.88 Å². The summed E-state index contributed by atoms with van der Waals surface area (Å²) in [5, 5.41) is 3.84. The number of piperazine rings is 1. The average molecular weight is 407 g/mol. The van der Waals surface area contributed by atoms with Crippen molar-refractivity contribution in [1.29, 1.82) is 0 Å². The predicted molar refractivity (Wildman–Crippen MR) is 108 cm³/mol. The van der Waals surface area contributed by atoms with Gasteiger partial charge in [-0.05, 0) is 24.0 Å². The number of nitrogens with one attached hydrogen (secondary N) is 1. The molecule has 1 atom stereocenters. The molecule has 0 bridgehead atoms. The Hall–Kier alpha value is -1.97. The molecule has 2 aliphatic heterocycles. The molecule has 27 heavy (non-hydrogen) atoms. The number of benzene rings is 1. The minimum absolute atomic E-state index is 0.0809. The zero-order chi connectivity index (χ0) is 18.8. The molecule has 3 heterocycles. The van der Waals surface area contributed by atoms with Crippen molar-refractivity contribution in [3.63, 3.8) is 0 Å². The fraction of sp³-hybridized carbons (Fsp3) is 0.444. The maximum atomic E-state index is 11.7. The third-order valence-electron chi connectivity index (χ3n) is 4.77. The van der Waals surface area contributed by atoms with E-state index in [0.29, 0.717) is 11.7 Å². The molecule has 144 valence electrons. The smallest absolute Gasteiger partial charge is 0.262 e. The number of rotatable bonds is 5. The average Bonchev–Trinajstić information content (AvgIpc) is 3.38. The number of carbonyl (C=O) groups excluding carboxylic acids is 1. The lowest BCUT2D eigenvalue weighted by molar-refractivity contribution is 0.0967. The number of nitrogens with zero attached hydrogens (tertiary/aromatic N) is 3. The van der Waals surface area contributed by atoms with Crippen molar-refractivity contribution in [3.05, 3.63) is 34.8 Å². The zero-order valence-electron chi connectivity index (χ0n) is 15.3. The normalized spacial score (nSPS) is 17.8. The van der Waals surface area contributed by atoms with Gasteiger partial charge in [-0.3, -0.25) is 9.69 Å². The van der Waals surface area contributed by atoms with E-state index in [9.17, 15) is 4.79 Å². The highest BCUT2D eigenvalue weighted by atomic mass is 32.2. The van der Waals surface area contributed by atoms with Gasteiger partial charge >= 0.3 is 0 Å². The Morgan fingerprint density at radius 3 is 2.78 bits per heavy atom. The molecule has 1 aromatic heterocycles. The van der Waals surface area contributed by atoms with Gasteiger partial charge in [-0.15, -0.1) is 11.8 Å². The second kappa shape index (κ2) is 7.95. The van der Waals surface area contributed by atoms with E-state index in [-0.39, 0.29) is 11.3 Å². The number of thioether (sulfide) groups is 1. The topological polar surface area (TPSA) is 66.9 Å². The molecule has 0 aliphatic carbocycles. The molecule has 2 aliphatic rings.